The smallest absolute Gasteiger partial charge is 0.0438 e. The van der Waals surface area contributed by atoms with Crippen LogP contribution in [0.15, 0.2) is 48.5 Å². The summed E-state index contributed by atoms with van der Waals surface area (Å²) < 4.78 is 0. The van der Waals surface area contributed by atoms with Crippen LogP contribution in [0.1, 0.15) is 29.0 Å². The maximum atomic E-state index is 6.28. The first-order valence-electron chi connectivity index (χ1n) is 6.81. The van der Waals surface area contributed by atoms with Crippen LogP contribution in [0.5, 0.6) is 0 Å². The predicted octanol–water partition coefficient (Wildman–Crippen LogP) is 3.94. The Labute approximate surface area is 119 Å². The monoisotopic (exact) mass is 271 g/mol. The zero-order chi connectivity index (χ0) is 13.2. The third kappa shape index (κ3) is 2.68. The Morgan fingerprint density at radius 1 is 1.11 bits per heavy atom. The second-order valence-corrected chi connectivity index (χ2v) is 5.80. The lowest BCUT2D eigenvalue weighted by Crippen LogP contribution is -2.29. The largest absolute Gasteiger partial charge is 0.327 e. The van der Waals surface area contributed by atoms with Crippen molar-refractivity contribution < 1.29 is 0 Å². The molecule has 0 spiro atoms. The third-order valence-corrected chi connectivity index (χ3v) is 4.36. The van der Waals surface area contributed by atoms with Crippen LogP contribution < -0.4 is 5.73 Å². The van der Waals surface area contributed by atoms with Crippen molar-refractivity contribution in [1.29, 1.82) is 0 Å². The van der Waals surface area contributed by atoms with Gasteiger partial charge < -0.3 is 5.73 Å². The zero-order valence-corrected chi connectivity index (χ0v) is 11.6. The molecular weight excluding hydrogens is 254 g/mol. The van der Waals surface area contributed by atoms with Crippen molar-refractivity contribution in [3.63, 3.8) is 0 Å². The molecule has 19 heavy (non-hydrogen) atoms. The van der Waals surface area contributed by atoms with Gasteiger partial charge in [-0.25, -0.2) is 0 Å². The Bertz CT molecular complexity index is 579. The third-order valence-electron chi connectivity index (χ3n) is 3.99. The van der Waals surface area contributed by atoms with Crippen molar-refractivity contribution in [1.82, 2.24) is 0 Å². The molecule has 0 radical (unpaired) electrons. The molecule has 2 unspecified atom stereocenters. The molecule has 1 aliphatic carbocycles. The summed E-state index contributed by atoms with van der Waals surface area (Å²) in [5.41, 5.74) is 10.4. The van der Waals surface area contributed by atoms with E-state index in [1.54, 1.807) is 0 Å². The molecule has 0 aliphatic heterocycles. The molecule has 2 heteroatoms. The molecule has 0 fully saturated rings. The minimum absolute atomic E-state index is 0.179. The number of hydrogen-bond donors (Lipinski definition) is 1. The average molecular weight is 272 g/mol. The zero-order valence-electron chi connectivity index (χ0n) is 10.9. The van der Waals surface area contributed by atoms with E-state index in [1.807, 2.05) is 18.2 Å². The lowest BCUT2D eigenvalue weighted by atomic mass is 9.74. The van der Waals surface area contributed by atoms with Gasteiger partial charge in [-0.1, -0.05) is 54.1 Å². The lowest BCUT2D eigenvalue weighted by molar-refractivity contribution is 0.485. The topological polar surface area (TPSA) is 26.0 Å². The first-order valence-corrected chi connectivity index (χ1v) is 7.18. The Morgan fingerprint density at radius 2 is 1.84 bits per heavy atom. The van der Waals surface area contributed by atoms with Crippen molar-refractivity contribution in [3.8, 4) is 0 Å². The molecule has 0 heterocycles. The van der Waals surface area contributed by atoms with Crippen molar-refractivity contribution in [2.24, 2.45) is 5.73 Å². The van der Waals surface area contributed by atoms with E-state index in [0.717, 1.165) is 23.4 Å². The van der Waals surface area contributed by atoms with Crippen LogP contribution >= 0.6 is 11.6 Å². The number of nitrogens with two attached hydrogens (primary N) is 1. The van der Waals surface area contributed by atoms with Gasteiger partial charge in [-0.05, 0) is 47.9 Å². The van der Waals surface area contributed by atoms with E-state index in [1.165, 1.54) is 17.5 Å². The summed E-state index contributed by atoms with van der Waals surface area (Å²) >= 11 is 6.18. The minimum Gasteiger partial charge on any atom is -0.327 e. The SMILES string of the molecule is NC(Cc1ccccc1Cl)CC1Cc2ccccc21. The summed E-state index contributed by atoms with van der Waals surface area (Å²) in [6, 6.07) is 16.8. The lowest BCUT2D eigenvalue weighted by Gasteiger charge is -2.32. The highest BCUT2D eigenvalue weighted by atomic mass is 35.5. The number of rotatable bonds is 4. The predicted molar refractivity (Wildman–Crippen MR) is 80.6 cm³/mol. The van der Waals surface area contributed by atoms with Gasteiger partial charge in [0, 0.05) is 11.1 Å². The van der Waals surface area contributed by atoms with Gasteiger partial charge in [0.25, 0.3) is 0 Å². The summed E-state index contributed by atoms with van der Waals surface area (Å²) in [7, 11) is 0. The quantitative estimate of drug-likeness (QED) is 0.896. The summed E-state index contributed by atoms with van der Waals surface area (Å²) in [5, 5.41) is 0.826. The van der Waals surface area contributed by atoms with Crippen LogP contribution in [0.3, 0.4) is 0 Å². The fourth-order valence-corrected chi connectivity index (χ4v) is 3.18. The molecule has 1 nitrogen and oxygen atoms in total. The van der Waals surface area contributed by atoms with Crippen LogP contribution in [0.4, 0.5) is 0 Å². The molecule has 0 amide bonds. The molecule has 2 aromatic carbocycles. The molecule has 3 rings (SSSR count). The van der Waals surface area contributed by atoms with Gasteiger partial charge in [0.15, 0.2) is 0 Å². The summed E-state index contributed by atoms with van der Waals surface area (Å²) in [5.74, 6) is 0.633. The molecule has 0 bridgehead atoms. The summed E-state index contributed by atoms with van der Waals surface area (Å²) in [6.07, 6.45) is 3.08. The highest BCUT2D eigenvalue weighted by Gasteiger charge is 2.27. The van der Waals surface area contributed by atoms with Gasteiger partial charge in [0.05, 0.1) is 0 Å². The maximum absolute atomic E-state index is 6.28. The van der Waals surface area contributed by atoms with Crippen LogP contribution in [0.25, 0.3) is 0 Å². The molecule has 2 N–H and O–H groups in total. The number of hydrogen-bond acceptors (Lipinski definition) is 1. The number of benzene rings is 2. The van der Waals surface area contributed by atoms with Crippen LogP contribution in [-0.4, -0.2) is 6.04 Å². The van der Waals surface area contributed by atoms with E-state index in [4.69, 9.17) is 17.3 Å². The summed E-state index contributed by atoms with van der Waals surface area (Å²) in [6.45, 7) is 0. The maximum Gasteiger partial charge on any atom is 0.0438 e. The molecule has 2 atom stereocenters. The minimum atomic E-state index is 0.179. The Hall–Kier alpha value is -1.31. The molecule has 0 saturated heterocycles. The number of fused-ring (bicyclic) bond motifs is 1. The van der Waals surface area contributed by atoms with Gasteiger partial charge in [-0.15, -0.1) is 0 Å². The van der Waals surface area contributed by atoms with E-state index in [0.29, 0.717) is 5.92 Å². The van der Waals surface area contributed by atoms with Gasteiger partial charge in [-0.2, -0.15) is 0 Å². The van der Waals surface area contributed by atoms with E-state index >= 15 is 0 Å². The highest BCUT2D eigenvalue weighted by Crippen LogP contribution is 2.38. The van der Waals surface area contributed by atoms with Gasteiger partial charge in [0.2, 0.25) is 0 Å². The van der Waals surface area contributed by atoms with Crippen molar-refractivity contribution >= 4 is 11.6 Å². The van der Waals surface area contributed by atoms with Crippen molar-refractivity contribution in [3.05, 3.63) is 70.2 Å². The Balaban J connectivity index is 1.62. The Kier molecular flexibility index (Phi) is 3.58. The molecule has 2 aromatic rings. The van der Waals surface area contributed by atoms with E-state index in [9.17, 15) is 0 Å². The van der Waals surface area contributed by atoms with Crippen LogP contribution in [0.2, 0.25) is 5.02 Å². The first kappa shape index (κ1) is 12.7. The molecular formula is C17H18ClN. The molecule has 98 valence electrons. The second kappa shape index (κ2) is 5.36. The van der Waals surface area contributed by atoms with Gasteiger partial charge in [0.1, 0.15) is 0 Å². The molecule has 0 saturated carbocycles. The second-order valence-electron chi connectivity index (χ2n) is 5.39. The van der Waals surface area contributed by atoms with Gasteiger partial charge >= 0.3 is 0 Å². The Morgan fingerprint density at radius 3 is 2.63 bits per heavy atom. The first-order chi connectivity index (χ1) is 9.24. The van der Waals surface area contributed by atoms with Crippen LogP contribution in [-0.2, 0) is 12.8 Å². The molecule has 0 aromatic heterocycles. The highest BCUT2D eigenvalue weighted by molar-refractivity contribution is 6.31. The fourth-order valence-electron chi connectivity index (χ4n) is 2.97. The molecule has 1 aliphatic rings. The van der Waals surface area contributed by atoms with Crippen molar-refractivity contribution in [2.45, 2.75) is 31.2 Å². The number of halogens is 1. The fraction of sp³-hybridized carbons (Fsp3) is 0.294. The van der Waals surface area contributed by atoms with Crippen molar-refractivity contribution in [2.75, 3.05) is 0 Å². The van der Waals surface area contributed by atoms with E-state index in [2.05, 4.69) is 30.3 Å². The normalized spacial score (nSPS) is 18.5. The average Bonchev–Trinajstić information content (AvgIpc) is 2.39. The summed E-state index contributed by atoms with van der Waals surface area (Å²) in [4.78, 5) is 0. The van der Waals surface area contributed by atoms with Crippen LogP contribution in [0, 0.1) is 0 Å². The van der Waals surface area contributed by atoms with E-state index in [-0.39, 0.29) is 6.04 Å². The van der Waals surface area contributed by atoms with Gasteiger partial charge in [-0.3, -0.25) is 0 Å². The standard InChI is InChI=1S/C17H18ClN/c18-17-8-4-2-6-13(17)10-15(19)11-14-9-12-5-1-3-7-16(12)14/h1-8,14-15H,9-11,19H2. The van der Waals surface area contributed by atoms with E-state index < -0.39 is 0 Å².